The Hall–Kier alpha value is -3.25. The molecular weight excluding hydrogens is 344 g/mol. The summed E-state index contributed by atoms with van der Waals surface area (Å²) in [5, 5.41) is 11.0. The second-order valence-corrected chi connectivity index (χ2v) is 5.52. The summed E-state index contributed by atoms with van der Waals surface area (Å²) in [6.45, 7) is 0. The van der Waals surface area contributed by atoms with Gasteiger partial charge in [-0.1, -0.05) is 41.9 Å². The lowest BCUT2D eigenvalue weighted by Gasteiger charge is -1.98. The molecule has 1 heterocycles. The van der Waals surface area contributed by atoms with Gasteiger partial charge < -0.3 is 4.74 Å². The first-order chi connectivity index (χ1) is 12.0. The molecule has 0 bridgehead atoms. The highest BCUT2D eigenvalue weighted by molar-refractivity contribution is 6.33. The molecule has 25 heavy (non-hydrogen) atoms. The molecule has 6 nitrogen and oxygen atoms in total. The lowest BCUT2D eigenvalue weighted by Crippen LogP contribution is -2.05. The van der Waals surface area contributed by atoms with Crippen molar-refractivity contribution in [3.05, 3.63) is 92.6 Å². The van der Waals surface area contributed by atoms with Gasteiger partial charge in [-0.25, -0.2) is 9.79 Å². The number of nitro groups is 1. The number of esters is 1. The van der Waals surface area contributed by atoms with E-state index >= 15 is 0 Å². The van der Waals surface area contributed by atoms with Crippen molar-refractivity contribution in [1.29, 1.82) is 0 Å². The smallest absolute Gasteiger partial charge is 0.363 e. The number of halogens is 1. The number of rotatable bonds is 4. The molecule has 0 aromatic heterocycles. The van der Waals surface area contributed by atoms with Crippen LogP contribution in [0.5, 0.6) is 0 Å². The molecule has 1 aliphatic heterocycles. The third-order valence-electron chi connectivity index (χ3n) is 3.32. The first-order valence-corrected chi connectivity index (χ1v) is 7.60. The molecule has 0 saturated heterocycles. The number of nitrogens with zero attached hydrogens (tertiary/aromatic N) is 2. The summed E-state index contributed by atoms with van der Waals surface area (Å²) in [7, 11) is 0. The zero-order valence-corrected chi connectivity index (χ0v) is 13.5. The molecule has 0 radical (unpaired) electrons. The van der Waals surface area contributed by atoms with Crippen LogP contribution in [0.25, 0.3) is 6.08 Å². The predicted molar refractivity (Wildman–Crippen MR) is 94.1 cm³/mol. The molecule has 1 aliphatic rings. The Balaban J connectivity index is 1.84. The van der Waals surface area contributed by atoms with Crippen molar-refractivity contribution in [3.8, 4) is 0 Å². The van der Waals surface area contributed by atoms with Crippen LogP contribution in [-0.2, 0) is 9.53 Å². The minimum atomic E-state index is -0.632. The molecule has 3 rings (SSSR count). The van der Waals surface area contributed by atoms with Gasteiger partial charge in [0.2, 0.25) is 5.90 Å². The Bertz CT molecular complexity index is 916. The Kier molecular flexibility index (Phi) is 4.72. The lowest BCUT2D eigenvalue weighted by molar-refractivity contribution is -0.384. The molecule has 124 valence electrons. The van der Waals surface area contributed by atoms with Crippen molar-refractivity contribution in [2.75, 3.05) is 0 Å². The molecule has 0 aliphatic carbocycles. The van der Waals surface area contributed by atoms with Gasteiger partial charge in [0.05, 0.1) is 4.92 Å². The summed E-state index contributed by atoms with van der Waals surface area (Å²) in [6, 6.07) is 14.9. The fourth-order valence-electron chi connectivity index (χ4n) is 2.14. The van der Waals surface area contributed by atoms with Gasteiger partial charge in [-0.15, -0.1) is 0 Å². The van der Waals surface area contributed by atoms with Gasteiger partial charge in [0.25, 0.3) is 5.69 Å². The highest BCUT2D eigenvalue weighted by Gasteiger charge is 2.24. The summed E-state index contributed by atoms with van der Waals surface area (Å²) in [5.74, 6) is -0.553. The number of aliphatic imine (C=N–C) groups is 1. The lowest BCUT2D eigenvalue weighted by atomic mass is 10.2. The number of non-ortho nitro benzene ring substituents is 1. The topological polar surface area (TPSA) is 81.8 Å². The summed E-state index contributed by atoms with van der Waals surface area (Å²) < 4.78 is 5.10. The van der Waals surface area contributed by atoms with Crippen LogP contribution < -0.4 is 0 Å². The van der Waals surface area contributed by atoms with E-state index in [0.717, 1.165) is 5.56 Å². The molecule has 2 aromatic carbocycles. The number of nitro benzene ring substituents is 1. The largest absolute Gasteiger partial charge is 0.402 e. The van der Waals surface area contributed by atoms with E-state index in [1.165, 1.54) is 30.3 Å². The van der Waals surface area contributed by atoms with Crippen molar-refractivity contribution in [1.82, 2.24) is 0 Å². The van der Waals surface area contributed by atoms with E-state index in [0.29, 0.717) is 10.6 Å². The zero-order valence-electron chi connectivity index (χ0n) is 12.8. The number of carbonyl (C=O) groups is 1. The highest BCUT2D eigenvalue weighted by Crippen LogP contribution is 2.21. The number of allylic oxidation sites excluding steroid dienone is 2. The number of cyclic esters (lactones) is 1. The molecule has 0 unspecified atom stereocenters. The van der Waals surface area contributed by atoms with Crippen molar-refractivity contribution in [2.45, 2.75) is 0 Å². The molecule has 0 atom stereocenters. The van der Waals surface area contributed by atoms with Crippen LogP contribution >= 0.6 is 11.6 Å². The molecular formula is C18H11ClN2O4. The number of hydrogen-bond acceptors (Lipinski definition) is 5. The maximum absolute atomic E-state index is 11.9. The number of ether oxygens (including phenoxy) is 1. The van der Waals surface area contributed by atoms with Gasteiger partial charge in [0.1, 0.15) is 0 Å². The fourth-order valence-corrected chi connectivity index (χ4v) is 2.37. The standard InChI is InChI=1S/C18H11ClN2O4/c19-14(10-12-4-2-1-3-5-12)11-16-18(22)25-17(20-16)13-6-8-15(9-7-13)21(23)24/h1-11H/b14-10-,16-11-. The quantitative estimate of drug-likeness (QED) is 0.359. The average molecular weight is 355 g/mol. The van der Waals surface area contributed by atoms with Crippen LogP contribution in [0.15, 0.2) is 76.4 Å². The Morgan fingerprint density at radius 2 is 1.80 bits per heavy atom. The molecule has 0 N–H and O–H groups in total. The van der Waals surface area contributed by atoms with E-state index < -0.39 is 10.9 Å². The van der Waals surface area contributed by atoms with Gasteiger partial charge in [-0.3, -0.25) is 10.1 Å². The van der Waals surface area contributed by atoms with E-state index in [2.05, 4.69) is 4.99 Å². The summed E-state index contributed by atoms with van der Waals surface area (Å²) in [5.41, 5.74) is 1.35. The zero-order chi connectivity index (χ0) is 17.8. The van der Waals surface area contributed by atoms with E-state index in [-0.39, 0.29) is 17.3 Å². The summed E-state index contributed by atoms with van der Waals surface area (Å²) in [4.78, 5) is 26.2. The van der Waals surface area contributed by atoms with Crippen LogP contribution in [-0.4, -0.2) is 16.8 Å². The number of carbonyl (C=O) groups excluding carboxylic acids is 1. The predicted octanol–water partition coefficient (Wildman–Crippen LogP) is 4.06. The van der Waals surface area contributed by atoms with Crippen molar-refractivity contribution in [3.63, 3.8) is 0 Å². The minimum Gasteiger partial charge on any atom is -0.402 e. The van der Waals surface area contributed by atoms with Gasteiger partial charge >= 0.3 is 5.97 Å². The van der Waals surface area contributed by atoms with Gasteiger partial charge in [0.15, 0.2) is 5.70 Å². The van der Waals surface area contributed by atoms with E-state index in [4.69, 9.17) is 16.3 Å². The van der Waals surface area contributed by atoms with E-state index in [9.17, 15) is 14.9 Å². The molecule has 0 saturated carbocycles. The molecule has 0 amide bonds. The SMILES string of the molecule is O=C1OC(c2ccc([N+](=O)[O-])cc2)=N/C1=C\C(Cl)=C\c1ccccc1. The first kappa shape index (κ1) is 16.6. The maximum atomic E-state index is 11.9. The third-order valence-corrected chi connectivity index (χ3v) is 3.54. The maximum Gasteiger partial charge on any atom is 0.363 e. The van der Waals surface area contributed by atoms with Gasteiger partial charge in [-0.2, -0.15) is 0 Å². The second kappa shape index (κ2) is 7.11. The van der Waals surface area contributed by atoms with Gasteiger partial charge in [-0.05, 0) is 29.8 Å². The van der Waals surface area contributed by atoms with Crippen molar-refractivity contribution >= 4 is 35.2 Å². The molecule has 0 fully saturated rings. The Morgan fingerprint density at radius 1 is 1.12 bits per heavy atom. The van der Waals surface area contributed by atoms with Crippen LogP contribution in [0.3, 0.4) is 0 Å². The minimum absolute atomic E-state index is 0.0572. The molecule has 0 spiro atoms. The van der Waals surface area contributed by atoms with Crippen molar-refractivity contribution in [2.24, 2.45) is 4.99 Å². The molecule has 2 aromatic rings. The van der Waals surface area contributed by atoms with Crippen molar-refractivity contribution < 1.29 is 14.5 Å². The van der Waals surface area contributed by atoms with Crippen LogP contribution in [0, 0.1) is 10.1 Å². The van der Waals surface area contributed by atoms with Crippen LogP contribution in [0.2, 0.25) is 0 Å². The Morgan fingerprint density at radius 3 is 2.44 bits per heavy atom. The molecule has 7 heteroatoms. The summed E-state index contributed by atoms with van der Waals surface area (Å²) in [6.07, 6.45) is 3.11. The van der Waals surface area contributed by atoms with E-state index in [1.54, 1.807) is 6.08 Å². The van der Waals surface area contributed by atoms with Gasteiger partial charge in [0, 0.05) is 22.7 Å². The number of benzene rings is 2. The fraction of sp³-hybridized carbons (Fsp3) is 0. The third kappa shape index (κ3) is 3.99. The number of hydrogen-bond donors (Lipinski definition) is 0. The summed E-state index contributed by atoms with van der Waals surface area (Å²) >= 11 is 6.14. The van der Waals surface area contributed by atoms with E-state index in [1.807, 2.05) is 30.3 Å². The average Bonchev–Trinajstić information content (AvgIpc) is 2.96. The second-order valence-electron chi connectivity index (χ2n) is 5.08. The van der Waals surface area contributed by atoms with Crippen LogP contribution in [0.4, 0.5) is 5.69 Å². The first-order valence-electron chi connectivity index (χ1n) is 7.22. The van der Waals surface area contributed by atoms with Crippen LogP contribution in [0.1, 0.15) is 11.1 Å². The Labute approximate surface area is 147 Å². The normalized spacial score (nSPS) is 15.9. The monoisotopic (exact) mass is 354 g/mol. The highest BCUT2D eigenvalue weighted by atomic mass is 35.5.